The van der Waals surface area contributed by atoms with E-state index in [1.165, 1.54) is 0 Å². The Morgan fingerprint density at radius 3 is 3.08 bits per heavy atom. The van der Waals surface area contributed by atoms with Gasteiger partial charge in [-0.2, -0.15) is 22.0 Å². The maximum atomic E-state index is 5.54. The summed E-state index contributed by atoms with van der Waals surface area (Å²) in [5.74, 6) is 2.78. The molecule has 0 spiro atoms. The van der Waals surface area contributed by atoms with Crippen LogP contribution in [0.25, 0.3) is 0 Å². The highest BCUT2D eigenvalue weighted by Gasteiger charge is 1.93. The fourth-order valence-electron chi connectivity index (χ4n) is 0.744. The zero-order chi connectivity index (χ0) is 8.65. The van der Waals surface area contributed by atoms with Gasteiger partial charge in [0.05, 0.1) is 5.69 Å². The minimum absolute atomic E-state index is 0.744. The van der Waals surface area contributed by atoms with Crippen LogP contribution in [0.1, 0.15) is 12.1 Å². The van der Waals surface area contributed by atoms with Gasteiger partial charge in [-0.3, -0.25) is 0 Å². The summed E-state index contributed by atoms with van der Waals surface area (Å²) in [4.78, 5) is 0. The van der Waals surface area contributed by atoms with Gasteiger partial charge in [0.25, 0.3) is 0 Å². The average Bonchev–Trinajstić information content (AvgIpc) is 2.14. The highest BCUT2D eigenvalue weighted by molar-refractivity contribution is 7.98. The van der Waals surface area contributed by atoms with E-state index in [0.29, 0.717) is 0 Å². The second kappa shape index (κ2) is 6.26. The van der Waals surface area contributed by atoms with Crippen molar-refractivity contribution in [3.05, 3.63) is 24.0 Å². The second-order valence-electron chi connectivity index (χ2n) is 2.31. The molecule has 1 aromatic heterocycles. The third-order valence-corrected chi connectivity index (χ3v) is 2.64. The number of thioether (sulfide) groups is 1. The van der Waals surface area contributed by atoms with Gasteiger partial charge in [-0.25, -0.2) is 0 Å². The predicted molar refractivity (Wildman–Crippen MR) is 53.5 cm³/mol. The fraction of sp³-hybridized carbons (Fsp3) is 0.500. The monoisotopic (exact) mass is 202 g/mol. The molecule has 0 aliphatic carbocycles. The zero-order valence-corrected chi connectivity index (χ0v) is 8.31. The van der Waals surface area contributed by atoms with E-state index in [-0.39, 0.29) is 0 Å². The lowest BCUT2D eigenvalue weighted by atomic mass is 10.4. The van der Waals surface area contributed by atoms with Crippen LogP contribution < -0.4 is 0 Å². The zero-order valence-electron chi connectivity index (χ0n) is 6.74. The summed E-state index contributed by atoms with van der Waals surface area (Å²) in [6.45, 7) is 0. The molecule has 0 aliphatic rings. The molecular weight excluding hydrogens is 192 g/mol. The molecule has 0 amide bonds. The lowest BCUT2D eigenvalue weighted by Gasteiger charge is -1.97. The van der Waals surface area contributed by atoms with Crippen LogP contribution in [0.15, 0.2) is 18.3 Å². The Hall–Kier alpha value is -0.280. The molecule has 0 unspecified atom stereocenters. The van der Waals surface area contributed by atoms with Crippen molar-refractivity contribution >= 4 is 23.4 Å². The molecule has 0 aromatic carbocycles. The van der Waals surface area contributed by atoms with Gasteiger partial charge in [-0.05, 0) is 24.3 Å². The molecule has 1 heterocycles. The van der Waals surface area contributed by atoms with Crippen molar-refractivity contribution in [2.24, 2.45) is 0 Å². The number of alkyl halides is 1. The summed E-state index contributed by atoms with van der Waals surface area (Å²) in [5, 5.41) is 7.77. The topological polar surface area (TPSA) is 25.8 Å². The first kappa shape index (κ1) is 9.81. The largest absolute Gasteiger partial charge is 0.159 e. The Labute approximate surface area is 81.7 Å². The van der Waals surface area contributed by atoms with Crippen LogP contribution in [0, 0.1) is 0 Å². The minimum atomic E-state index is 0.744. The van der Waals surface area contributed by atoms with Crippen molar-refractivity contribution in [2.75, 3.05) is 11.6 Å². The molecule has 0 saturated carbocycles. The first-order valence-electron chi connectivity index (χ1n) is 3.84. The number of nitrogens with zero attached hydrogens (tertiary/aromatic N) is 2. The summed E-state index contributed by atoms with van der Waals surface area (Å²) in [6.07, 6.45) is 2.75. The molecule has 1 rings (SSSR count). The third-order valence-electron chi connectivity index (χ3n) is 1.30. The molecule has 0 fully saturated rings. The Morgan fingerprint density at radius 2 is 2.42 bits per heavy atom. The van der Waals surface area contributed by atoms with E-state index in [9.17, 15) is 0 Å². The van der Waals surface area contributed by atoms with Gasteiger partial charge in [-0.15, -0.1) is 11.6 Å². The molecule has 0 radical (unpaired) electrons. The van der Waals surface area contributed by atoms with Crippen LogP contribution in [0.4, 0.5) is 0 Å². The third kappa shape index (κ3) is 3.93. The predicted octanol–water partition coefficient (Wildman–Crippen LogP) is 2.34. The van der Waals surface area contributed by atoms with Crippen molar-refractivity contribution in [2.45, 2.75) is 12.2 Å². The van der Waals surface area contributed by atoms with Gasteiger partial charge in [0.1, 0.15) is 0 Å². The number of aromatic nitrogens is 2. The lowest BCUT2D eigenvalue weighted by molar-refractivity contribution is 0.970. The lowest BCUT2D eigenvalue weighted by Crippen LogP contribution is -1.89. The van der Waals surface area contributed by atoms with Crippen LogP contribution in [0.3, 0.4) is 0 Å². The van der Waals surface area contributed by atoms with Gasteiger partial charge in [0.2, 0.25) is 0 Å². The van der Waals surface area contributed by atoms with Crippen molar-refractivity contribution in [1.82, 2.24) is 10.2 Å². The van der Waals surface area contributed by atoms with Gasteiger partial charge in [-0.1, -0.05) is 0 Å². The van der Waals surface area contributed by atoms with E-state index < -0.39 is 0 Å². The van der Waals surface area contributed by atoms with Crippen molar-refractivity contribution in [1.29, 1.82) is 0 Å². The second-order valence-corrected chi connectivity index (χ2v) is 3.79. The highest BCUT2D eigenvalue weighted by Crippen LogP contribution is 2.09. The van der Waals surface area contributed by atoms with E-state index in [0.717, 1.165) is 29.5 Å². The minimum Gasteiger partial charge on any atom is -0.159 e. The first-order chi connectivity index (χ1) is 5.93. The van der Waals surface area contributed by atoms with E-state index >= 15 is 0 Å². The van der Waals surface area contributed by atoms with Crippen molar-refractivity contribution < 1.29 is 0 Å². The average molecular weight is 203 g/mol. The maximum absolute atomic E-state index is 5.54. The van der Waals surface area contributed by atoms with E-state index in [2.05, 4.69) is 10.2 Å². The molecule has 2 nitrogen and oxygen atoms in total. The molecule has 0 bridgehead atoms. The summed E-state index contributed by atoms with van der Waals surface area (Å²) < 4.78 is 0. The van der Waals surface area contributed by atoms with Crippen LogP contribution in [0.5, 0.6) is 0 Å². The van der Waals surface area contributed by atoms with Gasteiger partial charge < -0.3 is 0 Å². The SMILES string of the molecule is ClCCCSCc1cccnn1. The molecule has 1 aromatic rings. The van der Waals surface area contributed by atoms with E-state index in [1.54, 1.807) is 6.20 Å². The molecule has 0 saturated heterocycles. The molecule has 0 aliphatic heterocycles. The van der Waals surface area contributed by atoms with Crippen molar-refractivity contribution in [3.63, 3.8) is 0 Å². The molecule has 66 valence electrons. The maximum Gasteiger partial charge on any atom is 0.0729 e. The Morgan fingerprint density at radius 1 is 1.50 bits per heavy atom. The summed E-state index contributed by atoms with van der Waals surface area (Å²) in [7, 11) is 0. The smallest absolute Gasteiger partial charge is 0.0729 e. The van der Waals surface area contributed by atoms with Crippen molar-refractivity contribution in [3.8, 4) is 0 Å². The molecule has 0 N–H and O–H groups in total. The highest BCUT2D eigenvalue weighted by atomic mass is 35.5. The van der Waals surface area contributed by atoms with Crippen LogP contribution >= 0.6 is 23.4 Å². The number of rotatable bonds is 5. The number of hydrogen-bond acceptors (Lipinski definition) is 3. The fourth-order valence-corrected chi connectivity index (χ4v) is 1.89. The van der Waals surface area contributed by atoms with Crippen LogP contribution in [-0.4, -0.2) is 21.8 Å². The quantitative estimate of drug-likeness (QED) is 0.542. The first-order valence-corrected chi connectivity index (χ1v) is 5.52. The Kier molecular flexibility index (Phi) is 5.11. The number of hydrogen-bond donors (Lipinski definition) is 0. The van der Waals surface area contributed by atoms with E-state index in [1.807, 2.05) is 23.9 Å². The van der Waals surface area contributed by atoms with E-state index in [4.69, 9.17) is 11.6 Å². The van der Waals surface area contributed by atoms with Crippen LogP contribution in [-0.2, 0) is 5.75 Å². The Bertz CT molecular complexity index is 205. The molecule has 0 atom stereocenters. The molecular formula is C8H11ClN2S. The van der Waals surface area contributed by atoms with Gasteiger partial charge in [0, 0.05) is 17.8 Å². The summed E-state index contributed by atoms with van der Waals surface area (Å²) in [5.41, 5.74) is 1.04. The summed E-state index contributed by atoms with van der Waals surface area (Å²) in [6, 6.07) is 3.89. The number of halogens is 1. The van der Waals surface area contributed by atoms with Crippen LogP contribution in [0.2, 0.25) is 0 Å². The normalized spacial score (nSPS) is 10.1. The molecule has 4 heteroatoms. The standard InChI is InChI=1S/C8H11ClN2S/c9-4-2-6-12-7-8-3-1-5-10-11-8/h1,3,5H,2,4,6-7H2. The Balaban J connectivity index is 2.16. The summed E-state index contributed by atoms with van der Waals surface area (Å²) >= 11 is 7.39. The van der Waals surface area contributed by atoms with Gasteiger partial charge >= 0.3 is 0 Å². The molecule has 12 heavy (non-hydrogen) atoms. The van der Waals surface area contributed by atoms with Gasteiger partial charge in [0.15, 0.2) is 0 Å².